The molecule has 3 atom stereocenters. The summed E-state index contributed by atoms with van der Waals surface area (Å²) in [6, 6.07) is 4.18. The van der Waals surface area contributed by atoms with Gasteiger partial charge >= 0.3 is 0 Å². The lowest BCUT2D eigenvalue weighted by molar-refractivity contribution is 0.440. The molecule has 1 fully saturated rings. The molecule has 3 heterocycles. The molecule has 2 aliphatic rings. The number of hydrogen-bond donors (Lipinski definition) is 0. The van der Waals surface area contributed by atoms with Crippen molar-refractivity contribution in [1.82, 2.24) is 14.6 Å². The van der Waals surface area contributed by atoms with Crippen LogP contribution in [0.5, 0.6) is 0 Å². The summed E-state index contributed by atoms with van der Waals surface area (Å²) in [5.41, 5.74) is 2.23. The van der Waals surface area contributed by atoms with Gasteiger partial charge in [-0.2, -0.15) is 0 Å². The van der Waals surface area contributed by atoms with E-state index in [-0.39, 0.29) is 5.25 Å². The summed E-state index contributed by atoms with van der Waals surface area (Å²) >= 11 is 0. The normalized spacial score (nSPS) is 31.4. The Hall–Kier alpha value is -1.23. The lowest BCUT2D eigenvalue weighted by Crippen LogP contribution is -2.27. The predicted molar refractivity (Wildman–Crippen MR) is 64.4 cm³/mol. The van der Waals surface area contributed by atoms with Gasteiger partial charge in [0.1, 0.15) is 0 Å². The van der Waals surface area contributed by atoms with Crippen molar-refractivity contribution in [2.24, 2.45) is 0 Å². The average Bonchev–Trinajstić information content (AvgIpc) is 2.77. The molecule has 88 valence electrons. The molecule has 0 aromatic carbocycles. The predicted octanol–water partition coefficient (Wildman–Crippen LogP) is 1.88. The van der Waals surface area contributed by atoms with E-state index in [0.717, 1.165) is 18.4 Å². The molecule has 0 radical (unpaired) electrons. The fourth-order valence-corrected chi connectivity index (χ4v) is 4.65. The highest BCUT2D eigenvalue weighted by atomic mass is 32.2. The molecule has 0 spiro atoms. The summed E-state index contributed by atoms with van der Waals surface area (Å²) in [6.45, 7) is 0. The Kier molecular flexibility index (Phi) is 1.94. The standard InChI is InChI=1S/C12H13N3OS/c16-17-11-4-2-1-3-9(11)10-6-5-8-7-13-12(17)14-15(8)10/h5-7,9,11H,1-4H2. The highest BCUT2D eigenvalue weighted by Gasteiger charge is 2.36. The van der Waals surface area contributed by atoms with E-state index in [0.29, 0.717) is 11.1 Å². The highest BCUT2D eigenvalue weighted by molar-refractivity contribution is 7.85. The zero-order valence-electron chi connectivity index (χ0n) is 9.37. The van der Waals surface area contributed by atoms with E-state index < -0.39 is 10.8 Å². The Bertz CT molecular complexity index is 621. The quantitative estimate of drug-likeness (QED) is 0.714. The third-order valence-corrected chi connectivity index (χ3v) is 5.61. The van der Waals surface area contributed by atoms with Gasteiger partial charge in [-0.3, -0.25) is 4.21 Å². The maximum absolute atomic E-state index is 12.5. The number of hydrogen-bond acceptors (Lipinski definition) is 3. The van der Waals surface area contributed by atoms with Crippen molar-refractivity contribution in [3.05, 3.63) is 24.0 Å². The molecule has 1 aliphatic carbocycles. The molecule has 0 amide bonds. The molecule has 1 saturated carbocycles. The van der Waals surface area contributed by atoms with Crippen LogP contribution in [-0.4, -0.2) is 24.1 Å². The van der Waals surface area contributed by atoms with E-state index >= 15 is 0 Å². The van der Waals surface area contributed by atoms with Gasteiger partial charge in [0.25, 0.3) is 0 Å². The smallest absolute Gasteiger partial charge is 0.238 e. The maximum Gasteiger partial charge on any atom is 0.238 e. The van der Waals surface area contributed by atoms with Crippen LogP contribution < -0.4 is 0 Å². The van der Waals surface area contributed by atoms with E-state index in [2.05, 4.69) is 22.2 Å². The minimum Gasteiger partial charge on any atom is -0.251 e. The topological polar surface area (TPSA) is 47.3 Å². The van der Waals surface area contributed by atoms with Gasteiger partial charge in [0.15, 0.2) is 0 Å². The van der Waals surface area contributed by atoms with Crippen molar-refractivity contribution in [3.63, 3.8) is 0 Å². The Morgan fingerprint density at radius 1 is 1.29 bits per heavy atom. The summed E-state index contributed by atoms with van der Waals surface area (Å²) in [5.74, 6) is 0.390. The third kappa shape index (κ3) is 1.26. The summed E-state index contributed by atoms with van der Waals surface area (Å²) < 4.78 is 14.4. The van der Waals surface area contributed by atoms with Crippen molar-refractivity contribution in [1.29, 1.82) is 0 Å². The second kappa shape index (κ2) is 3.38. The highest BCUT2D eigenvalue weighted by Crippen LogP contribution is 2.39. The molecule has 0 saturated heterocycles. The van der Waals surface area contributed by atoms with Gasteiger partial charge in [0, 0.05) is 11.6 Å². The molecule has 17 heavy (non-hydrogen) atoms. The third-order valence-electron chi connectivity index (χ3n) is 3.94. The minimum atomic E-state index is -1.04. The Morgan fingerprint density at radius 3 is 3.12 bits per heavy atom. The van der Waals surface area contributed by atoms with Gasteiger partial charge in [-0.1, -0.05) is 12.8 Å². The largest absolute Gasteiger partial charge is 0.251 e. The minimum absolute atomic E-state index is 0.210. The molecule has 4 nitrogen and oxygen atoms in total. The number of aromatic nitrogens is 3. The second-order valence-corrected chi connectivity index (χ2v) is 6.43. The van der Waals surface area contributed by atoms with E-state index in [4.69, 9.17) is 0 Å². The molecule has 2 bridgehead atoms. The average molecular weight is 247 g/mol. The second-order valence-electron chi connectivity index (χ2n) is 4.86. The first-order valence-electron chi connectivity index (χ1n) is 6.10. The lowest BCUT2D eigenvalue weighted by atomic mass is 9.86. The number of fused-ring (bicyclic) bond motifs is 3. The van der Waals surface area contributed by atoms with E-state index in [1.807, 2.05) is 4.52 Å². The summed E-state index contributed by atoms with van der Waals surface area (Å²) in [7, 11) is -1.04. The molecule has 2 aromatic rings. The van der Waals surface area contributed by atoms with E-state index in [1.165, 1.54) is 18.5 Å². The van der Waals surface area contributed by atoms with Crippen LogP contribution in [0.1, 0.15) is 37.3 Å². The van der Waals surface area contributed by atoms with Gasteiger partial charge in [0.2, 0.25) is 5.16 Å². The Balaban J connectivity index is 2.02. The summed E-state index contributed by atoms with van der Waals surface area (Å²) in [5, 5.41) is 5.14. The Labute approximate surface area is 102 Å². The van der Waals surface area contributed by atoms with E-state index in [1.54, 1.807) is 6.20 Å². The van der Waals surface area contributed by atoms with Crippen LogP contribution in [0.4, 0.5) is 0 Å². The van der Waals surface area contributed by atoms with Crippen LogP contribution in [-0.2, 0) is 10.8 Å². The molecule has 2 aromatic heterocycles. The van der Waals surface area contributed by atoms with Crippen LogP contribution in [0.25, 0.3) is 5.52 Å². The number of nitrogens with zero attached hydrogens (tertiary/aromatic N) is 3. The maximum atomic E-state index is 12.5. The van der Waals surface area contributed by atoms with Crippen molar-refractivity contribution < 1.29 is 4.21 Å². The zero-order chi connectivity index (χ0) is 11.4. The van der Waals surface area contributed by atoms with Gasteiger partial charge in [-0.05, 0) is 25.0 Å². The summed E-state index contributed by atoms with van der Waals surface area (Å²) in [4.78, 5) is 4.24. The molecule has 5 heteroatoms. The fraction of sp³-hybridized carbons (Fsp3) is 0.500. The molecular formula is C12H13N3OS. The van der Waals surface area contributed by atoms with Crippen LogP contribution in [0.3, 0.4) is 0 Å². The van der Waals surface area contributed by atoms with Crippen LogP contribution in [0, 0.1) is 0 Å². The zero-order valence-corrected chi connectivity index (χ0v) is 10.2. The molecule has 4 rings (SSSR count). The molecule has 0 N–H and O–H groups in total. The van der Waals surface area contributed by atoms with Crippen molar-refractivity contribution >= 4 is 16.3 Å². The van der Waals surface area contributed by atoms with Gasteiger partial charge in [-0.25, -0.2) is 9.50 Å². The van der Waals surface area contributed by atoms with Gasteiger partial charge in [0.05, 0.1) is 27.8 Å². The number of rotatable bonds is 0. The Morgan fingerprint density at radius 2 is 2.18 bits per heavy atom. The summed E-state index contributed by atoms with van der Waals surface area (Å²) in [6.07, 6.45) is 6.35. The first-order chi connectivity index (χ1) is 8.34. The monoisotopic (exact) mass is 247 g/mol. The first-order valence-corrected chi connectivity index (χ1v) is 7.31. The van der Waals surface area contributed by atoms with Crippen LogP contribution in [0.2, 0.25) is 0 Å². The van der Waals surface area contributed by atoms with E-state index in [9.17, 15) is 4.21 Å². The molecule has 1 aliphatic heterocycles. The van der Waals surface area contributed by atoms with Crippen LogP contribution >= 0.6 is 0 Å². The fourth-order valence-electron chi connectivity index (χ4n) is 3.11. The van der Waals surface area contributed by atoms with Gasteiger partial charge < -0.3 is 0 Å². The SMILES string of the molecule is O=S1c2ncc3ccc(n3n2)C2CCCCC21. The van der Waals surface area contributed by atoms with Crippen molar-refractivity contribution in [2.75, 3.05) is 0 Å². The van der Waals surface area contributed by atoms with Crippen molar-refractivity contribution in [3.8, 4) is 0 Å². The lowest BCUT2D eigenvalue weighted by Gasteiger charge is -2.28. The van der Waals surface area contributed by atoms with Gasteiger partial charge in [-0.15, -0.1) is 5.10 Å². The van der Waals surface area contributed by atoms with Crippen LogP contribution in [0.15, 0.2) is 23.5 Å². The molecule has 3 unspecified atom stereocenters. The van der Waals surface area contributed by atoms with Crippen molar-refractivity contribution in [2.45, 2.75) is 42.0 Å². The molecular weight excluding hydrogens is 234 g/mol. The first kappa shape index (κ1) is 9.76.